The molecule has 2 heterocycles. The van der Waals surface area contributed by atoms with Crippen LogP contribution in [0.4, 0.5) is 11.5 Å². The average molecular weight is 234 g/mol. The van der Waals surface area contributed by atoms with Gasteiger partial charge in [0, 0.05) is 14.1 Å². The summed E-state index contributed by atoms with van der Waals surface area (Å²) in [6, 6.07) is 0. The molecular formula is C7H9Cl2N5. The van der Waals surface area contributed by atoms with Gasteiger partial charge in [0.15, 0.2) is 11.0 Å². The maximum Gasteiger partial charge on any atom is 0.177 e. The minimum atomic E-state index is 0. The predicted octanol–water partition coefficient (Wildman–Crippen LogP) is 1.38. The highest BCUT2D eigenvalue weighted by atomic mass is 35.5. The minimum Gasteiger partial charge on any atom is -0.328 e. The number of anilines is 2. The number of nitrogens with zero attached hydrogens (tertiary/aromatic N) is 5. The first-order valence-electron chi connectivity index (χ1n) is 3.71. The number of hydrazone groups is 1. The van der Waals surface area contributed by atoms with Crippen molar-refractivity contribution in [3.63, 3.8) is 0 Å². The molecule has 0 saturated carbocycles. The third kappa shape index (κ3) is 1.60. The number of hydrogen-bond donors (Lipinski definition) is 0. The molecule has 0 aromatic carbocycles. The van der Waals surface area contributed by atoms with Gasteiger partial charge in [0.2, 0.25) is 0 Å². The maximum absolute atomic E-state index is 5.92. The smallest absolute Gasteiger partial charge is 0.177 e. The zero-order valence-corrected chi connectivity index (χ0v) is 9.25. The fourth-order valence-electron chi connectivity index (χ4n) is 1.16. The SMILES string of the molecule is CN1C=NN(C)c2ncnc(Cl)c21.Cl. The first-order valence-corrected chi connectivity index (χ1v) is 4.09. The van der Waals surface area contributed by atoms with E-state index in [-0.39, 0.29) is 12.4 Å². The van der Waals surface area contributed by atoms with E-state index in [0.717, 1.165) is 5.69 Å². The van der Waals surface area contributed by atoms with E-state index in [0.29, 0.717) is 11.0 Å². The fourth-order valence-corrected chi connectivity index (χ4v) is 1.42. The Morgan fingerprint density at radius 2 is 2.00 bits per heavy atom. The number of fused-ring (bicyclic) bond motifs is 1. The van der Waals surface area contributed by atoms with Crippen LogP contribution in [-0.4, -0.2) is 30.4 Å². The highest BCUT2D eigenvalue weighted by molar-refractivity contribution is 6.33. The lowest BCUT2D eigenvalue weighted by Gasteiger charge is -2.25. The van der Waals surface area contributed by atoms with Crippen LogP contribution in [0.15, 0.2) is 11.4 Å². The van der Waals surface area contributed by atoms with E-state index in [9.17, 15) is 0 Å². The van der Waals surface area contributed by atoms with Crippen molar-refractivity contribution >= 4 is 41.9 Å². The van der Waals surface area contributed by atoms with E-state index in [1.54, 1.807) is 16.2 Å². The van der Waals surface area contributed by atoms with Gasteiger partial charge in [0.05, 0.1) is 0 Å². The maximum atomic E-state index is 5.92. The molecule has 2 rings (SSSR count). The Kier molecular flexibility index (Phi) is 3.13. The Balaban J connectivity index is 0.000000980. The molecule has 0 fully saturated rings. The molecular weight excluding hydrogens is 225 g/mol. The van der Waals surface area contributed by atoms with E-state index in [1.165, 1.54) is 6.33 Å². The van der Waals surface area contributed by atoms with Crippen LogP contribution in [0, 0.1) is 0 Å². The lowest BCUT2D eigenvalue weighted by molar-refractivity contribution is 0.934. The normalized spacial score (nSPS) is 13.6. The molecule has 0 saturated heterocycles. The van der Waals surface area contributed by atoms with Crippen molar-refractivity contribution in [3.05, 3.63) is 11.5 Å². The summed E-state index contributed by atoms with van der Waals surface area (Å²) in [7, 11) is 3.66. The Bertz CT molecular complexity index is 367. The number of halogens is 2. The summed E-state index contributed by atoms with van der Waals surface area (Å²) in [6.07, 6.45) is 3.09. The zero-order chi connectivity index (χ0) is 9.42. The summed E-state index contributed by atoms with van der Waals surface area (Å²) in [5, 5.41) is 6.17. The first kappa shape index (κ1) is 11.0. The summed E-state index contributed by atoms with van der Waals surface area (Å²) in [5.41, 5.74) is 0.779. The van der Waals surface area contributed by atoms with Gasteiger partial charge in [0.25, 0.3) is 0 Å². The van der Waals surface area contributed by atoms with Crippen LogP contribution in [0.1, 0.15) is 0 Å². The van der Waals surface area contributed by atoms with Crippen molar-refractivity contribution in [2.24, 2.45) is 5.10 Å². The molecule has 0 spiro atoms. The van der Waals surface area contributed by atoms with E-state index < -0.39 is 0 Å². The number of aromatic nitrogens is 2. The fraction of sp³-hybridized carbons (Fsp3) is 0.286. The summed E-state index contributed by atoms with van der Waals surface area (Å²) < 4.78 is 0. The van der Waals surface area contributed by atoms with Gasteiger partial charge < -0.3 is 4.90 Å². The van der Waals surface area contributed by atoms with Gasteiger partial charge in [-0.25, -0.2) is 15.0 Å². The third-order valence-corrected chi connectivity index (χ3v) is 2.09. The van der Waals surface area contributed by atoms with Crippen LogP contribution in [0.5, 0.6) is 0 Å². The lowest BCUT2D eigenvalue weighted by Crippen LogP contribution is -2.27. The van der Waals surface area contributed by atoms with Crippen molar-refractivity contribution in [3.8, 4) is 0 Å². The van der Waals surface area contributed by atoms with Crippen LogP contribution in [0.3, 0.4) is 0 Å². The second-order valence-electron chi connectivity index (χ2n) is 2.70. The number of hydrogen-bond acceptors (Lipinski definition) is 5. The molecule has 7 heteroatoms. The molecule has 0 unspecified atom stereocenters. The Labute approximate surface area is 92.8 Å². The van der Waals surface area contributed by atoms with Crippen LogP contribution in [0.25, 0.3) is 0 Å². The van der Waals surface area contributed by atoms with Crippen LogP contribution in [-0.2, 0) is 0 Å². The molecule has 0 bridgehead atoms. The monoisotopic (exact) mass is 233 g/mol. The van der Waals surface area contributed by atoms with Gasteiger partial charge >= 0.3 is 0 Å². The van der Waals surface area contributed by atoms with Crippen molar-refractivity contribution in [2.45, 2.75) is 0 Å². The van der Waals surface area contributed by atoms with Gasteiger partial charge in [-0.3, -0.25) is 0 Å². The quantitative estimate of drug-likeness (QED) is 0.636. The van der Waals surface area contributed by atoms with Gasteiger partial charge in [-0.1, -0.05) is 11.6 Å². The van der Waals surface area contributed by atoms with Crippen molar-refractivity contribution < 1.29 is 0 Å². The van der Waals surface area contributed by atoms with Crippen LogP contribution < -0.4 is 9.91 Å². The predicted molar refractivity (Wildman–Crippen MR) is 59.6 cm³/mol. The number of rotatable bonds is 0. The van der Waals surface area contributed by atoms with Gasteiger partial charge in [-0.05, 0) is 0 Å². The van der Waals surface area contributed by atoms with E-state index in [4.69, 9.17) is 11.6 Å². The highest BCUT2D eigenvalue weighted by Gasteiger charge is 2.19. The molecule has 0 atom stereocenters. The molecule has 1 aromatic heterocycles. The molecule has 14 heavy (non-hydrogen) atoms. The Morgan fingerprint density at radius 1 is 1.29 bits per heavy atom. The van der Waals surface area contributed by atoms with Gasteiger partial charge in [-0.15, -0.1) is 12.4 Å². The van der Waals surface area contributed by atoms with Gasteiger partial charge in [-0.2, -0.15) is 5.10 Å². The van der Waals surface area contributed by atoms with E-state index in [2.05, 4.69) is 15.1 Å². The third-order valence-electron chi connectivity index (χ3n) is 1.82. The molecule has 5 nitrogen and oxygen atoms in total. The highest BCUT2D eigenvalue weighted by Crippen LogP contribution is 2.32. The van der Waals surface area contributed by atoms with Crippen molar-refractivity contribution in [1.82, 2.24) is 9.97 Å². The van der Waals surface area contributed by atoms with E-state index in [1.807, 2.05) is 14.1 Å². The molecule has 0 N–H and O–H groups in total. The van der Waals surface area contributed by atoms with Crippen LogP contribution in [0.2, 0.25) is 5.15 Å². The Hall–Kier alpha value is -1.07. The minimum absolute atomic E-state index is 0. The second-order valence-corrected chi connectivity index (χ2v) is 3.06. The molecule has 0 amide bonds. The standard InChI is InChI=1S/C7H8ClN5.ClH/c1-12-4-11-13(2)7-5(12)6(8)9-3-10-7;/h3-4H,1-2H3;1H. The van der Waals surface area contributed by atoms with Crippen molar-refractivity contribution in [2.75, 3.05) is 24.0 Å². The molecule has 1 aliphatic heterocycles. The molecule has 0 radical (unpaired) electrons. The lowest BCUT2D eigenvalue weighted by atomic mass is 10.4. The topological polar surface area (TPSA) is 44.6 Å². The molecule has 1 aliphatic rings. The molecule has 76 valence electrons. The van der Waals surface area contributed by atoms with Crippen LogP contribution >= 0.6 is 24.0 Å². The molecule has 0 aliphatic carbocycles. The molecule has 1 aromatic rings. The summed E-state index contributed by atoms with van der Waals surface area (Å²) in [6.45, 7) is 0. The zero-order valence-electron chi connectivity index (χ0n) is 7.68. The largest absolute Gasteiger partial charge is 0.328 e. The summed E-state index contributed by atoms with van der Waals surface area (Å²) in [5.74, 6) is 0.713. The van der Waals surface area contributed by atoms with Crippen molar-refractivity contribution in [1.29, 1.82) is 0 Å². The second kappa shape index (κ2) is 3.98. The van der Waals surface area contributed by atoms with Gasteiger partial charge in [0.1, 0.15) is 18.4 Å². The Morgan fingerprint density at radius 3 is 2.64 bits per heavy atom. The summed E-state index contributed by atoms with van der Waals surface area (Å²) >= 11 is 5.92. The van der Waals surface area contributed by atoms with E-state index >= 15 is 0 Å². The first-order chi connectivity index (χ1) is 6.20. The average Bonchev–Trinajstić information content (AvgIpc) is 2.12. The summed E-state index contributed by atoms with van der Waals surface area (Å²) in [4.78, 5) is 9.78.